The summed E-state index contributed by atoms with van der Waals surface area (Å²) < 4.78 is 0. The van der Waals surface area contributed by atoms with Crippen molar-refractivity contribution in [2.75, 3.05) is 16.1 Å². The van der Waals surface area contributed by atoms with Crippen molar-refractivity contribution in [1.82, 2.24) is 10.5 Å². The van der Waals surface area contributed by atoms with Crippen LogP contribution < -0.4 is 11.0 Å². The van der Waals surface area contributed by atoms with E-state index in [-0.39, 0.29) is 22.5 Å². The second-order valence-electron chi connectivity index (χ2n) is 2.99. The molecule has 0 spiro atoms. The molecule has 17 heavy (non-hydrogen) atoms. The van der Waals surface area contributed by atoms with Crippen LogP contribution >= 0.6 is 31.9 Å². The summed E-state index contributed by atoms with van der Waals surface area (Å²) >= 11 is 6.03. The van der Waals surface area contributed by atoms with E-state index in [2.05, 4.69) is 42.8 Å². The van der Waals surface area contributed by atoms with Gasteiger partial charge in [-0.05, 0) is 12.1 Å². The molecule has 0 heterocycles. The van der Waals surface area contributed by atoms with E-state index in [1.807, 2.05) is 30.3 Å². The number of carbonyl (C=O) groups is 2. The van der Waals surface area contributed by atoms with Crippen LogP contribution in [0.1, 0.15) is 0 Å². The van der Waals surface area contributed by atoms with Gasteiger partial charge in [-0.2, -0.15) is 5.01 Å². The van der Waals surface area contributed by atoms with Crippen molar-refractivity contribution in [3.63, 3.8) is 0 Å². The predicted octanol–water partition coefficient (Wildman–Crippen LogP) is 1.66. The summed E-state index contributed by atoms with van der Waals surface area (Å²) in [6, 6.07) is 9.17. The van der Waals surface area contributed by atoms with Gasteiger partial charge in [-0.1, -0.05) is 50.1 Å². The number of amides is 2. The molecule has 1 rings (SSSR count). The molecule has 0 atom stereocenters. The summed E-state index contributed by atoms with van der Waals surface area (Å²) in [6.45, 7) is 0. The van der Waals surface area contributed by atoms with Crippen molar-refractivity contribution in [2.24, 2.45) is 0 Å². The summed E-state index contributed by atoms with van der Waals surface area (Å²) in [5, 5.41) is 1.04. The Morgan fingerprint density at radius 2 is 1.59 bits per heavy atom. The molecule has 2 N–H and O–H groups in total. The minimum absolute atomic E-state index is 0.0647. The van der Waals surface area contributed by atoms with Crippen LogP contribution in [-0.2, 0) is 9.59 Å². The zero-order chi connectivity index (χ0) is 12.7. The van der Waals surface area contributed by atoms with E-state index in [0.717, 1.165) is 10.7 Å². The van der Waals surface area contributed by atoms with Gasteiger partial charge in [0, 0.05) is 0 Å². The van der Waals surface area contributed by atoms with Gasteiger partial charge in [0.2, 0.25) is 0 Å². The lowest BCUT2D eigenvalue weighted by atomic mass is 10.3. The van der Waals surface area contributed by atoms with Crippen LogP contribution in [0.25, 0.3) is 0 Å². The number of hydrazine groups is 2. The number of para-hydroxylation sites is 1. The van der Waals surface area contributed by atoms with Gasteiger partial charge in [-0.3, -0.25) is 9.59 Å². The van der Waals surface area contributed by atoms with E-state index in [4.69, 9.17) is 0 Å². The number of benzene rings is 1. The Morgan fingerprint density at radius 3 is 2.06 bits per heavy atom. The van der Waals surface area contributed by atoms with Crippen LogP contribution in [0, 0.1) is 0 Å². The van der Waals surface area contributed by atoms with Crippen LogP contribution in [0.2, 0.25) is 0 Å². The Balaban J connectivity index is 2.61. The molecule has 5 nitrogen and oxygen atoms in total. The summed E-state index contributed by atoms with van der Waals surface area (Å²) in [7, 11) is 0. The first kappa shape index (κ1) is 14.1. The van der Waals surface area contributed by atoms with Crippen molar-refractivity contribution in [2.45, 2.75) is 0 Å². The van der Waals surface area contributed by atoms with E-state index >= 15 is 0 Å². The Kier molecular flexibility index (Phi) is 6.17. The molecule has 0 aliphatic carbocycles. The number of imide groups is 1. The van der Waals surface area contributed by atoms with Crippen molar-refractivity contribution >= 4 is 49.4 Å². The maximum absolute atomic E-state index is 11.5. The van der Waals surface area contributed by atoms with Crippen LogP contribution in [0.5, 0.6) is 0 Å². The Labute approximate surface area is 116 Å². The SMILES string of the molecule is O=C(CBr)N(NNc1ccccc1)C(=O)CBr. The van der Waals surface area contributed by atoms with Crippen molar-refractivity contribution in [3.8, 4) is 0 Å². The zero-order valence-electron chi connectivity index (χ0n) is 8.82. The number of carbonyl (C=O) groups excluding carboxylic acids is 2. The van der Waals surface area contributed by atoms with E-state index in [0.29, 0.717) is 0 Å². The van der Waals surface area contributed by atoms with Gasteiger partial charge in [0.25, 0.3) is 11.8 Å². The van der Waals surface area contributed by atoms with Crippen molar-refractivity contribution in [1.29, 1.82) is 0 Å². The van der Waals surface area contributed by atoms with Crippen molar-refractivity contribution < 1.29 is 9.59 Å². The van der Waals surface area contributed by atoms with Crippen molar-refractivity contribution in [3.05, 3.63) is 30.3 Å². The third-order valence-electron chi connectivity index (χ3n) is 1.81. The smallest absolute Gasteiger partial charge is 0.255 e. The second kappa shape index (κ2) is 7.41. The highest BCUT2D eigenvalue weighted by atomic mass is 79.9. The van der Waals surface area contributed by atoms with E-state index in [9.17, 15) is 9.59 Å². The fraction of sp³-hybridized carbons (Fsp3) is 0.200. The van der Waals surface area contributed by atoms with Crippen LogP contribution in [-0.4, -0.2) is 27.5 Å². The molecule has 0 radical (unpaired) electrons. The monoisotopic (exact) mass is 363 g/mol. The zero-order valence-corrected chi connectivity index (χ0v) is 12.0. The average Bonchev–Trinajstić information content (AvgIpc) is 2.39. The molecule has 1 aromatic carbocycles. The summed E-state index contributed by atoms with van der Waals surface area (Å²) in [5.74, 6) is -0.754. The van der Waals surface area contributed by atoms with Gasteiger partial charge in [0.15, 0.2) is 0 Å². The predicted molar refractivity (Wildman–Crippen MR) is 72.6 cm³/mol. The molecule has 0 fully saturated rings. The van der Waals surface area contributed by atoms with E-state index in [1.54, 1.807) is 0 Å². The van der Waals surface area contributed by atoms with Gasteiger partial charge in [-0.25, -0.2) is 0 Å². The molecule has 0 aliphatic rings. The molecular weight excluding hydrogens is 354 g/mol. The standard InChI is InChI=1S/C10H11Br2N3O2/c11-6-9(16)15(10(17)7-12)14-13-8-4-2-1-3-5-8/h1-5,13-14H,6-7H2. The molecule has 0 aliphatic heterocycles. The first-order valence-corrected chi connectivity index (χ1v) is 6.97. The maximum Gasteiger partial charge on any atom is 0.255 e. The number of nitrogens with one attached hydrogen (secondary N) is 2. The summed E-state index contributed by atoms with van der Waals surface area (Å²) in [6.07, 6.45) is 0. The molecular formula is C10H11Br2N3O2. The Morgan fingerprint density at radius 1 is 1.06 bits per heavy atom. The lowest BCUT2D eigenvalue weighted by molar-refractivity contribution is -0.144. The van der Waals surface area contributed by atoms with Crippen LogP contribution in [0.15, 0.2) is 30.3 Å². The second-order valence-corrected chi connectivity index (χ2v) is 4.11. The van der Waals surface area contributed by atoms with Gasteiger partial charge in [-0.15, -0.1) is 5.53 Å². The average molecular weight is 365 g/mol. The normalized spacial score (nSPS) is 9.76. The molecule has 0 bridgehead atoms. The minimum atomic E-state index is -0.377. The number of halogens is 2. The molecule has 0 saturated carbocycles. The molecule has 0 saturated heterocycles. The first-order chi connectivity index (χ1) is 8.19. The minimum Gasteiger partial charge on any atom is -0.303 e. The highest BCUT2D eigenvalue weighted by Gasteiger charge is 2.18. The number of hydrogen-bond donors (Lipinski definition) is 2. The van der Waals surface area contributed by atoms with Gasteiger partial charge < -0.3 is 5.43 Å². The number of nitrogens with zero attached hydrogens (tertiary/aromatic N) is 1. The number of hydrogen-bond acceptors (Lipinski definition) is 4. The maximum atomic E-state index is 11.5. The molecule has 0 aromatic heterocycles. The molecule has 7 heteroatoms. The number of alkyl halides is 2. The summed E-state index contributed by atoms with van der Waals surface area (Å²) in [5.41, 5.74) is 6.08. The fourth-order valence-corrected chi connectivity index (χ4v) is 1.53. The highest BCUT2D eigenvalue weighted by molar-refractivity contribution is 9.09. The third-order valence-corrected chi connectivity index (χ3v) is 2.77. The van der Waals surface area contributed by atoms with Gasteiger partial charge in [0.1, 0.15) is 0 Å². The molecule has 0 unspecified atom stereocenters. The largest absolute Gasteiger partial charge is 0.303 e. The van der Waals surface area contributed by atoms with Gasteiger partial charge in [0.05, 0.1) is 16.3 Å². The third kappa shape index (κ3) is 4.45. The van der Waals surface area contributed by atoms with Gasteiger partial charge >= 0.3 is 0 Å². The molecule has 92 valence electrons. The summed E-state index contributed by atoms with van der Waals surface area (Å²) in [4.78, 5) is 22.9. The molecule has 1 aromatic rings. The number of anilines is 1. The lowest BCUT2D eigenvalue weighted by Crippen LogP contribution is -2.50. The quantitative estimate of drug-likeness (QED) is 0.616. The van der Waals surface area contributed by atoms with Crippen LogP contribution in [0.3, 0.4) is 0 Å². The highest BCUT2D eigenvalue weighted by Crippen LogP contribution is 2.03. The van der Waals surface area contributed by atoms with E-state index < -0.39 is 0 Å². The first-order valence-electron chi connectivity index (χ1n) is 4.73. The Hall–Kier alpha value is -0.920. The van der Waals surface area contributed by atoms with Crippen LogP contribution in [0.4, 0.5) is 5.69 Å². The topological polar surface area (TPSA) is 61.4 Å². The fourth-order valence-electron chi connectivity index (χ4n) is 1.03. The number of rotatable bonds is 5. The van der Waals surface area contributed by atoms with E-state index in [1.165, 1.54) is 0 Å². The lowest BCUT2D eigenvalue weighted by Gasteiger charge is -2.20. The Bertz CT molecular complexity index is 370. The molecule has 2 amide bonds.